The lowest BCUT2D eigenvalue weighted by Crippen LogP contribution is -2.37. The first-order chi connectivity index (χ1) is 50.0. The Morgan fingerprint density at radius 1 is 0.314 bits per heavy atom. The van der Waals surface area contributed by atoms with Crippen LogP contribution in [-0.4, -0.2) is 70.0 Å². The van der Waals surface area contributed by atoms with Crippen molar-refractivity contribution in [1.82, 2.24) is 0 Å². The second-order valence-electron chi connectivity index (χ2n) is 28.4. The molecule has 580 valence electrons. The van der Waals surface area contributed by atoms with Crippen LogP contribution >= 0.6 is 7.82 Å². The Morgan fingerprint density at radius 2 is 0.559 bits per heavy atom. The van der Waals surface area contributed by atoms with Crippen LogP contribution < -0.4 is 4.89 Å². The zero-order valence-corrected chi connectivity index (χ0v) is 67.1. The van der Waals surface area contributed by atoms with Gasteiger partial charge in [-0.3, -0.25) is 14.2 Å². The molecule has 0 rings (SSSR count). The molecule has 0 aromatic carbocycles. The van der Waals surface area contributed by atoms with E-state index in [2.05, 4.69) is 196 Å². The Hall–Kier alpha value is -4.89. The first kappa shape index (κ1) is 97.1. The van der Waals surface area contributed by atoms with Crippen LogP contribution in [0.3, 0.4) is 0 Å². The van der Waals surface area contributed by atoms with Gasteiger partial charge in [-0.25, -0.2) is 0 Å². The molecule has 0 saturated heterocycles. The van der Waals surface area contributed by atoms with Crippen LogP contribution in [-0.2, 0) is 32.7 Å². The summed E-state index contributed by atoms with van der Waals surface area (Å²) in [4.78, 5) is 38.2. The van der Waals surface area contributed by atoms with Crippen molar-refractivity contribution in [3.63, 3.8) is 0 Å². The Kier molecular flexibility index (Phi) is 76.4. The number of carbonyl (C=O) groups excluding carboxylic acids is 2. The van der Waals surface area contributed by atoms with E-state index < -0.39 is 32.5 Å². The summed E-state index contributed by atoms with van der Waals surface area (Å²) in [6, 6.07) is 0. The van der Waals surface area contributed by atoms with Crippen molar-refractivity contribution in [2.75, 3.05) is 47.5 Å². The molecule has 0 amide bonds. The van der Waals surface area contributed by atoms with E-state index in [0.717, 1.165) is 122 Å². The average molecular weight is 1430 g/mol. The summed E-state index contributed by atoms with van der Waals surface area (Å²) in [7, 11) is 1.12. The quantitative estimate of drug-likeness (QED) is 0.0195. The van der Waals surface area contributed by atoms with Crippen molar-refractivity contribution in [3.05, 3.63) is 182 Å². The second kappa shape index (κ2) is 80.2. The molecule has 0 aliphatic carbocycles. The zero-order chi connectivity index (χ0) is 74.0. The number of unbranched alkanes of at least 4 members (excludes halogenated alkanes) is 31. The third kappa shape index (κ3) is 84.1. The van der Waals surface area contributed by atoms with Gasteiger partial charge in [0.1, 0.15) is 19.8 Å². The van der Waals surface area contributed by atoms with E-state index in [1.165, 1.54) is 180 Å². The number of allylic oxidation sites excluding steroid dienone is 30. The van der Waals surface area contributed by atoms with Crippen LogP contribution in [0.15, 0.2) is 182 Å². The molecule has 10 heteroatoms. The molecule has 2 unspecified atom stereocenters. The van der Waals surface area contributed by atoms with E-state index in [1.54, 1.807) is 0 Å². The molecule has 0 aliphatic heterocycles. The molecular formula is C92H154NO8P. The van der Waals surface area contributed by atoms with Crippen molar-refractivity contribution < 1.29 is 42.1 Å². The lowest BCUT2D eigenvalue weighted by Gasteiger charge is -2.28. The van der Waals surface area contributed by atoms with E-state index in [-0.39, 0.29) is 26.1 Å². The highest BCUT2D eigenvalue weighted by molar-refractivity contribution is 7.45. The topological polar surface area (TPSA) is 111 Å². The van der Waals surface area contributed by atoms with Crippen molar-refractivity contribution in [1.29, 1.82) is 0 Å². The van der Waals surface area contributed by atoms with E-state index >= 15 is 0 Å². The van der Waals surface area contributed by atoms with Crippen molar-refractivity contribution in [2.45, 2.75) is 341 Å². The fourth-order valence-electron chi connectivity index (χ4n) is 11.1. The number of esters is 2. The summed E-state index contributed by atoms with van der Waals surface area (Å²) in [5.41, 5.74) is 0. The zero-order valence-electron chi connectivity index (χ0n) is 66.2. The maximum atomic E-state index is 12.9. The number of carbonyl (C=O) groups is 2. The normalized spacial score (nSPS) is 14.0. The number of hydrogen-bond donors (Lipinski definition) is 0. The Labute approximate surface area is 629 Å². The van der Waals surface area contributed by atoms with Crippen LogP contribution in [0.4, 0.5) is 0 Å². The van der Waals surface area contributed by atoms with Gasteiger partial charge in [-0.05, 0) is 141 Å². The van der Waals surface area contributed by atoms with Gasteiger partial charge in [0, 0.05) is 12.8 Å². The van der Waals surface area contributed by atoms with Gasteiger partial charge in [0.05, 0.1) is 27.7 Å². The van der Waals surface area contributed by atoms with Crippen LogP contribution in [0.1, 0.15) is 335 Å². The standard InChI is InChI=1S/C92H154NO8P/c1-6-8-10-12-14-16-18-20-22-24-26-28-30-32-34-36-38-40-42-44-46-48-50-52-54-56-58-60-62-64-66-68-70-72-74-76-78-80-82-84-91(94)98-88-90(89-100-102(96,97)99-87-86-93(3,4)5)101-92(95)85-83-81-79-77-75-73-71-69-67-65-63-61-59-57-55-53-51-49-47-45-43-41-39-37-35-33-31-29-27-25-23-21-19-17-15-13-11-9-7-2/h9,11,15,17-18,20-21,23-24,26-27,29-30,32-33,35,39,41,45,47,51,53,57,59,63,65,69,71,75,77,90H,6-8,10,12-14,16,19,22,25,28,31,34,36-38,40,42-44,46,48-50,52,54-56,58,60-62,64,66-68,70,72-74,76,78-89H2,1-5H3/b11-9-,17-15-,20-18-,23-21-,26-24-,29-27-,32-30-,35-33-,41-39-,47-45-,53-51-,59-57-,65-63-,71-69-,77-75-. The minimum atomic E-state index is -4.67. The van der Waals surface area contributed by atoms with E-state index in [4.69, 9.17) is 18.5 Å². The molecule has 0 aromatic rings. The second-order valence-corrected chi connectivity index (χ2v) is 29.8. The number of rotatable bonds is 75. The molecular weight excluding hydrogens is 1280 g/mol. The lowest BCUT2D eigenvalue weighted by molar-refractivity contribution is -0.870. The average Bonchev–Trinajstić information content (AvgIpc) is 0.914. The van der Waals surface area contributed by atoms with Gasteiger partial charge >= 0.3 is 11.9 Å². The third-order valence-electron chi connectivity index (χ3n) is 17.4. The van der Waals surface area contributed by atoms with Gasteiger partial charge < -0.3 is 27.9 Å². The monoisotopic (exact) mass is 1430 g/mol. The fourth-order valence-corrected chi connectivity index (χ4v) is 11.8. The largest absolute Gasteiger partial charge is 0.756 e. The number of likely N-dealkylation sites (N-methyl/N-ethyl adjacent to an activating group) is 1. The molecule has 0 spiro atoms. The Bertz CT molecular complexity index is 2390. The van der Waals surface area contributed by atoms with Crippen LogP contribution in [0, 0.1) is 0 Å². The number of quaternary nitrogens is 1. The van der Waals surface area contributed by atoms with Gasteiger partial charge in [-0.15, -0.1) is 0 Å². The first-order valence-electron chi connectivity index (χ1n) is 41.5. The summed E-state index contributed by atoms with van der Waals surface area (Å²) in [5.74, 6) is -0.886. The van der Waals surface area contributed by atoms with Crippen LogP contribution in [0.2, 0.25) is 0 Å². The molecule has 0 aliphatic rings. The highest BCUT2D eigenvalue weighted by atomic mass is 31.2. The van der Waals surface area contributed by atoms with E-state index in [0.29, 0.717) is 17.4 Å². The molecule has 0 heterocycles. The van der Waals surface area contributed by atoms with Gasteiger partial charge in [-0.2, -0.15) is 0 Å². The van der Waals surface area contributed by atoms with Gasteiger partial charge in [-0.1, -0.05) is 363 Å². The predicted molar refractivity (Wildman–Crippen MR) is 443 cm³/mol. The van der Waals surface area contributed by atoms with Crippen molar-refractivity contribution in [3.8, 4) is 0 Å². The maximum Gasteiger partial charge on any atom is 0.306 e. The molecule has 0 N–H and O–H groups in total. The maximum absolute atomic E-state index is 12.9. The molecule has 2 atom stereocenters. The molecule has 9 nitrogen and oxygen atoms in total. The number of phosphoric ester groups is 1. The van der Waals surface area contributed by atoms with Crippen molar-refractivity contribution >= 4 is 19.8 Å². The predicted octanol–water partition coefficient (Wildman–Crippen LogP) is 27.5. The SMILES string of the molecule is CC/C=C\C/C=C\C/C=C\C/C=C\C/C=C\C/C=C\C/C=C\C/C=C\C/C=C\C/C=C\C/C=C\C/C=C\CCCCC(=O)OC(COC(=O)CCCCCCCCCCCCCCCCCCCCCCCCCC/C=C\C/C=C\C/C=C\CCCCCCC)COP(=O)([O-])OCC[N+](C)(C)C. The number of ether oxygens (including phenoxy) is 2. The van der Waals surface area contributed by atoms with Gasteiger partial charge in [0.15, 0.2) is 6.10 Å². The van der Waals surface area contributed by atoms with E-state index in [1.807, 2.05) is 21.1 Å². The Morgan fingerprint density at radius 3 is 0.853 bits per heavy atom. The molecule has 102 heavy (non-hydrogen) atoms. The highest BCUT2D eigenvalue weighted by Crippen LogP contribution is 2.38. The number of hydrogen-bond acceptors (Lipinski definition) is 8. The van der Waals surface area contributed by atoms with Crippen molar-refractivity contribution in [2.24, 2.45) is 0 Å². The van der Waals surface area contributed by atoms with Gasteiger partial charge in [0.2, 0.25) is 0 Å². The molecule has 0 saturated carbocycles. The Balaban J connectivity index is 4.07. The summed E-state index contributed by atoms with van der Waals surface area (Å²) in [6.45, 7) is 4.07. The smallest absolute Gasteiger partial charge is 0.306 e. The lowest BCUT2D eigenvalue weighted by atomic mass is 10.0. The fraction of sp³-hybridized carbons (Fsp3) is 0.652. The molecule has 0 fully saturated rings. The summed E-state index contributed by atoms with van der Waals surface area (Å²) >= 11 is 0. The van der Waals surface area contributed by atoms with Crippen LogP contribution in [0.25, 0.3) is 0 Å². The minimum Gasteiger partial charge on any atom is -0.756 e. The number of phosphoric acid groups is 1. The summed E-state index contributed by atoms with van der Waals surface area (Å²) in [5, 5.41) is 0. The first-order valence-corrected chi connectivity index (χ1v) is 43.0. The van der Waals surface area contributed by atoms with Gasteiger partial charge in [0.25, 0.3) is 7.82 Å². The molecule has 0 aromatic heterocycles. The highest BCUT2D eigenvalue weighted by Gasteiger charge is 2.22. The minimum absolute atomic E-state index is 0.0472. The van der Waals surface area contributed by atoms with E-state index in [9.17, 15) is 19.0 Å². The number of nitrogens with zero attached hydrogens (tertiary/aromatic N) is 1. The third-order valence-corrected chi connectivity index (χ3v) is 18.4. The molecule has 0 bridgehead atoms. The summed E-state index contributed by atoms with van der Waals surface area (Å²) < 4.78 is 34.3. The summed E-state index contributed by atoms with van der Waals surface area (Å²) in [6.07, 6.45) is 123. The van der Waals surface area contributed by atoms with Crippen LogP contribution in [0.5, 0.6) is 0 Å². The molecule has 0 radical (unpaired) electrons.